The summed E-state index contributed by atoms with van der Waals surface area (Å²) in [5, 5.41) is 4.14. The standard InChI is InChI=1S/C19H24F2N2O2/c1-2-3-4-13-5-7-14(8-6-13)17-22-18(25-23-17)15-9-11-16(12-10-15)24-19(20)21/h9-14,19H,2-8H2,1H3. The highest BCUT2D eigenvalue weighted by Crippen LogP contribution is 2.37. The molecule has 0 amide bonds. The van der Waals surface area contributed by atoms with Crippen LogP contribution in [0.5, 0.6) is 5.75 Å². The van der Waals surface area contributed by atoms with Crippen molar-refractivity contribution >= 4 is 0 Å². The zero-order valence-corrected chi connectivity index (χ0v) is 14.5. The van der Waals surface area contributed by atoms with Crippen molar-refractivity contribution in [1.82, 2.24) is 10.1 Å². The molecule has 1 aliphatic carbocycles. The molecule has 1 fully saturated rings. The van der Waals surface area contributed by atoms with Crippen LogP contribution < -0.4 is 4.74 Å². The van der Waals surface area contributed by atoms with E-state index in [4.69, 9.17) is 4.52 Å². The van der Waals surface area contributed by atoms with Crippen LogP contribution in [0.15, 0.2) is 28.8 Å². The van der Waals surface area contributed by atoms with Crippen molar-refractivity contribution in [2.75, 3.05) is 0 Å². The fourth-order valence-corrected chi connectivity index (χ4v) is 3.50. The van der Waals surface area contributed by atoms with Gasteiger partial charge < -0.3 is 9.26 Å². The molecule has 1 saturated carbocycles. The zero-order valence-electron chi connectivity index (χ0n) is 14.5. The summed E-state index contributed by atoms with van der Waals surface area (Å²) in [6, 6.07) is 6.25. The third-order valence-electron chi connectivity index (χ3n) is 4.95. The molecule has 0 N–H and O–H groups in total. The highest BCUT2D eigenvalue weighted by molar-refractivity contribution is 5.54. The molecule has 6 heteroatoms. The third-order valence-corrected chi connectivity index (χ3v) is 4.95. The molecular formula is C19H24F2N2O2. The number of unbranched alkanes of at least 4 members (excludes halogenated alkanes) is 1. The Morgan fingerprint density at radius 2 is 1.88 bits per heavy atom. The van der Waals surface area contributed by atoms with Crippen LogP contribution in [-0.4, -0.2) is 16.8 Å². The molecule has 0 spiro atoms. The summed E-state index contributed by atoms with van der Waals surface area (Å²) in [6.07, 6.45) is 8.57. The van der Waals surface area contributed by atoms with E-state index in [1.807, 2.05) is 0 Å². The predicted molar refractivity (Wildman–Crippen MR) is 90.6 cm³/mol. The van der Waals surface area contributed by atoms with Crippen molar-refractivity contribution in [2.45, 2.75) is 64.4 Å². The lowest BCUT2D eigenvalue weighted by Gasteiger charge is -2.26. The number of halogens is 2. The average molecular weight is 350 g/mol. The number of hydrogen-bond donors (Lipinski definition) is 0. The first-order chi connectivity index (χ1) is 12.2. The number of benzene rings is 1. The van der Waals surface area contributed by atoms with E-state index in [0.717, 1.165) is 24.6 Å². The van der Waals surface area contributed by atoms with E-state index in [-0.39, 0.29) is 5.75 Å². The van der Waals surface area contributed by atoms with Gasteiger partial charge in [-0.05, 0) is 55.9 Å². The van der Waals surface area contributed by atoms with Gasteiger partial charge >= 0.3 is 6.61 Å². The number of rotatable bonds is 7. The highest BCUT2D eigenvalue weighted by atomic mass is 19.3. The molecule has 3 rings (SSSR count). The van der Waals surface area contributed by atoms with Gasteiger partial charge in [0.2, 0.25) is 0 Å². The molecule has 1 aromatic heterocycles. The number of ether oxygens (including phenoxy) is 1. The number of alkyl halides is 2. The van der Waals surface area contributed by atoms with E-state index in [1.54, 1.807) is 12.1 Å². The van der Waals surface area contributed by atoms with E-state index >= 15 is 0 Å². The van der Waals surface area contributed by atoms with Crippen LogP contribution in [0.1, 0.15) is 63.6 Å². The largest absolute Gasteiger partial charge is 0.435 e. The predicted octanol–water partition coefficient (Wildman–Crippen LogP) is 5.80. The Hall–Kier alpha value is -1.98. The molecule has 136 valence electrons. The Morgan fingerprint density at radius 1 is 1.16 bits per heavy atom. The minimum absolute atomic E-state index is 0.115. The Bertz CT molecular complexity index is 650. The van der Waals surface area contributed by atoms with Gasteiger partial charge in [0.1, 0.15) is 5.75 Å². The fraction of sp³-hybridized carbons (Fsp3) is 0.579. The number of hydrogen-bond acceptors (Lipinski definition) is 4. The Kier molecular flexibility index (Phi) is 6.00. The first-order valence-corrected chi connectivity index (χ1v) is 9.04. The second-order valence-corrected chi connectivity index (χ2v) is 6.72. The van der Waals surface area contributed by atoms with Crippen molar-refractivity contribution in [1.29, 1.82) is 0 Å². The SMILES string of the molecule is CCCCC1CCC(c2noc(-c3ccc(OC(F)F)cc3)n2)CC1. The van der Waals surface area contributed by atoms with Crippen LogP contribution in [0.2, 0.25) is 0 Å². The van der Waals surface area contributed by atoms with Gasteiger partial charge in [-0.2, -0.15) is 13.8 Å². The van der Waals surface area contributed by atoms with Crippen LogP contribution in [-0.2, 0) is 0 Å². The Balaban J connectivity index is 1.59. The summed E-state index contributed by atoms with van der Waals surface area (Å²) in [6.45, 7) is -0.591. The van der Waals surface area contributed by atoms with Gasteiger partial charge in [-0.25, -0.2) is 0 Å². The average Bonchev–Trinajstić information content (AvgIpc) is 3.10. The van der Waals surface area contributed by atoms with Crippen LogP contribution in [0.4, 0.5) is 8.78 Å². The summed E-state index contributed by atoms with van der Waals surface area (Å²) in [5.41, 5.74) is 0.706. The molecule has 1 aromatic carbocycles. The monoisotopic (exact) mass is 350 g/mol. The molecule has 4 nitrogen and oxygen atoms in total. The van der Waals surface area contributed by atoms with Gasteiger partial charge in [0.25, 0.3) is 5.89 Å². The van der Waals surface area contributed by atoms with Crippen LogP contribution >= 0.6 is 0 Å². The van der Waals surface area contributed by atoms with Crippen LogP contribution in [0, 0.1) is 5.92 Å². The van der Waals surface area contributed by atoms with E-state index < -0.39 is 6.61 Å². The number of aromatic nitrogens is 2. The molecule has 2 aromatic rings. The second-order valence-electron chi connectivity index (χ2n) is 6.72. The summed E-state index contributed by atoms with van der Waals surface area (Å²) >= 11 is 0. The Labute approximate surface area is 146 Å². The van der Waals surface area contributed by atoms with Crippen LogP contribution in [0.25, 0.3) is 11.5 Å². The molecule has 25 heavy (non-hydrogen) atoms. The lowest BCUT2D eigenvalue weighted by Crippen LogP contribution is -2.14. The quantitative estimate of drug-likeness (QED) is 0.633. The van der Waals surface area contributed by atoms with E-state index in [0.29, 0.717) is 17.4 Å². The van der Waals surface area contributed by atoms with Crippen LogP contribution in [0.3, 0.4) is 0 Å². The second kappa shape index (κ2) is 8.41. The smallest absolute Gasteiger partial charge is 0.387 e. The van der Waals surface area contributed by atoms with Gasteiger partial charge in [-0.1, -0.05) is 31.3 Å². The van der Waals surface area contributed by atoms with E-state index in [2.05, 4.69) is 21.8 Å². The lowest BCUT2D eigenvalue weighted by molar-refractivity contribution is -0.0498. The van der Waals surface area contributed by atoms with Crippen molar-refractivity contribution < 1.29 is 18.0 Å². The van der Waals surface area contributed by atoms with Gasteiger partial charge in [0, 0.05) is 11.5 Å². The molecule has 0 atom stereocenters. The van der Waals surface area contributed by atoms with Gasteiger partial charge in [0.15, 0.2) is 5.82 Å². The van der Waals surface area contributed by atoms with Gasteiger partial charge in [0.05, 0.1) is 0 Å². The summed E-state index contributed by atoms with van der Waals surface area (Å²) in [4.78, 5) is 4.52. The molecule has 0 bridgehead atoms. The molecule has 0 radical (unpaired) electrons. The maximum Gasteiger partial charge on any atom is 0.387 e. The normalized spacial score (nSPS) is 20.8. The Morgan fingerprint density at radius 3 is 2.52 bits per heavy atom. The maximum atomic E-state index is 12.2. The van der Waals surface area contributed by atoms with Gasteiger partial charge in [-0.3, -0.25) is 0 Å². The number of nitrogens with zero attached hydrogens (tertiary/aromatic N) is 2. The fourth-order valence-electron chi connectivity index (χ4n) is 3.50. The molecule has 0 aliphatic heterocycles. The van der Waals surface area contributed by atoms with E-state index in [9.17, 15) is 8.78 Å². The van der Waals surface area contributed by atoms with Crippen molar-refractivity contribution in [3.8, 4) is 17.2 Å². The van der Waals surface area contributed by atoms with E-state index in [1.165, 1.54) is 44.2 Å². The van der Waals surface area contributed by atoms with Crippen molar-refractivity contribution in [3.63, 3.8) is 0 Å². The van der Waals surface area contributed by atoms with Crippen molar-refractivity contribution in [3.05, 3.63) is 30.1 Å². The molecule has 1 aliphatic rings. The maximum absolute atomic E-state index is 12.2. The molecule has 1 heterocycles. The third kappa shape index (κ3) is 4.77. The summed E-state index contributed by atoms with van der Waals surface area (Å²) < 4.78 is 34.1. The minimum atomic E-state index is -2.83. The highest BCUT2D eigenvalue weighted by Gasteiger charge is 2.25. The van der Waals surface area contributed by atoms with Crippen molar-refractivity contribution in [2.24, 2.45) is 5.92 Å². The molecular weight excluding hydrogens is 326 g/mol. The molecule has 0 saturated heterocycles. The lowest BCUT2D eigenvalue weighted by atomic mass is 9.79. The summed E-state index contributed by atoms with van der Waals surface area (Å²) in [7, 11) is 0. The first kappa shape index (κ1) is 17.8. The topological polar surface area (TPSA) is 48.2 Å². The first-order valence-electron chi connectivity index (χ1n) is 9.04. The van der Waals surface area contributed by atoms with Gasteiger partial charge in [-0.15, -0.1) is 0 Å². The zero-order chi connectivity index (χ0) is 17.6. The minimum Gasteiger partial charge on any atom is -0.435 e. The summed E-state index contributed by atoms with van der Waals surface area (Å²) in [5.74, 6) is 2.49. The molecule has 0 unspecified atom stereocenters.